The van der Waals surface area contributed by atoms with E-state index in [9.17, 15) is 4.79 Å². The smallest absolute Gasteiger partial charge is 0.338 e. The van der Waals surface area contributed by atoms with Crippen molar-refractivity contribution >= 4 is 17.7 Å². The molecule has 1 N–H and O–H groups in total. The van der Waals surface area contributed by atoms with Crippen LogP contribution in [0.1, 0.15) is 10.4 Å². The van der Waals surface area contributed by atoms with E-state index in [4.69, 9.17) is 4.74 Å². The molecule has 6 heteroatoms. The Morgan fingerprint density at radius 2 is 2.18 bits per heavy atom. The van der Waals surface area contributed by atoms with E-state index in [1.165, 1.54) is 18.1 Å². The lowest BCUT2D eigenvalue weighted by Crippen LogP contribution is -2.07. The summed E-state index contributed by atoms with van der Waals surface area (Å²) < 4.78 is 5.10. The number of benzene rings is 1. The number of carbonyl (C=O) groups excluding carboxylic acids is 1. The van der Waals surface area contributed by atoms with Crippen LogP contribution in [0, 0.1) is 0 Å². The molecule has 88 valence electrons. The van der Waals surface area contributed by atoms with Gasteiger partial charge < -0.3 is 4.74 Å². The molecule has 1 aromatic heterocycles. The fourth-order valence-corrected chi connectivity index (χ4v) is 1.79. The van der Waals surface area contributed by atoms with Gasteiger partial charge in [-0.05, 0) is 12.1 Å². The van der Waals surface area contributed by atoms with Crippen LogP contribution in [0.5, 0.6) is 0 Å². The summed E-state index contributed by atoms with van der Waals surface area (Å²) in [6.07, 6.45) is 1.44. The van der Waals surface area contributed by atoms with Crippen molar-refractivity contribution in [3.05, 3.63) is 42.2 Å². The van der Waals surface area contributed by atoms with Gasteiger partial charge in [0, 0.05) is 5.75 Å². The fourth-order valence-electron chi connectivity index (χ4n) is 1.19. The Labute approximate surface area is 103 Å². The van der Waals surface area contributed by atoms with Crippen LogP contribution in [0.15, 0.2) is 41.8 Å². The van der Waals surface area contributed by atoms with Crippen molar-refractivity contribution in [2.75, 3.05) is 12.4 Å². The molecule has 0 atom stereocenters. The zero-order chi connectivity index (χ0) is 11.9. The lowest BCUT2D eigenvalue weighted by molar-refractivity contribution is 0.0530. The number of carbonyl (C=O) groups is 1. The quantitative estimate of drug-likeness (QED) is 0.497. The van der Waals surface area contributed by atoms with E-state index in [1.807, 2.05) is 6.07 Å². The highest BCUT2D eigenvalue weighted by Gasteiger charge is 2.05. The van der Waals surface area contributed by atoms with Gasteiger partial charge in [-0.1, -0.05) is 30.0 Å². The Balaban J connectivity index is 1.70. The van der Waals surface area contributed by atoms with Gasteiger partial charge in [0.25, 0.3) is 0 Å². The second kappa shape index (κ2) is 6.05. The summed E-state index contributed by atoms with van der Waals surface area (Å²) in [4.78, 5) is 15.5. The summed E-state index contributed by atoms with van der Waals surface area (Å²) in [5, 5.41) is 7.16. The Bertz CT molecular complexity index is 459. The monoisotopic (exact) mass is 249 g/mol. The summed E-state index contributed by atoms with van der Waals surface area (Å²) in [6, 6.07) is 8.92. The number of hydrogen-bond acceptors (Lipinski definition) is 5. The number of aromatic amines is 1. The largest absolute Gasteiger partial charge is 0.461 e. The third kappa shape index (κ3) is 3.60. The summed E-state index contributed by atoms with van der Waals surface area (Å²) in [7, 11) is 0. The van der Waals surface area contributed by atoms with Gasteiger partial charge in [-0.25, -0.2) is 9.78 Å². The van der Waals surface area contributed by atoms with Crippen LogP contribution in [-0.2, 0) is 4.74 Å². The summed E-state index contributed by atoms with van der Waals surface area (Å²) >= 11 is 1.46. The predicted octanol–water partition coefficient (Wildman–Crippen LogP) is 1.75. The third-order valence-electron chi connectivity index (χ3n) is 1.96. The van der Waals surface area contributed by atoms with Gasteiger partial charge >= 0.3 is 5.97 Å². The molecule has 2 rings (SSSR count). The van der Waals surface area contributed by atoms with Gasteiger partial charge in [0.2, 0.25) is 0 Å². The average Bonchev–Trinajstić information content (AvgIpc) is 2.88. The highest BCUT2D eigenvalue weighted by atomic mass is 32.2. The first-order chi connectivity index (χ1) is 8.36. The number of rotatable bonds is 5. The van der Waals surface area contributed by atoms with Crippen molar-refractivity contribution in [1.29, 1.82) is 0 Å². The summed E-state index contributed by atoms with van der Waals surface area (Å²) in [5.41, 5.74) is 0.567. The zero-order valence-corrected chi connectivity index (χ0v) is 9.81. The molecular formula is C11H11N3O2S. The normalized spacial score (nSPS) is 10.1. The molecule has 0 spiro atoms. The highest BCUT2D eigenvalue weighted by molar-refractivity contribution is 7.99. The van der Waals surface area contributed by atoms with Crippen LogP contribution in [-0.4, -0.2) is 33.5 Å². The van der Waals surface area contributed by atoms with Crippen molar-refractivity contribution in [3.8, 4) is 0 Å². The maximum Gasteiger partial charge on any atom is 0.338 e. The molecule has 2 aromatic rings. The molecule has 0 aliphatic heterocycles. The van der Waals surface area contributed by atoms with Crippen LogP contribution in [0.3, 0.4) is 0 Å². The topological polar surface area (TPSA) is 67.9 Å². The molecule has 5 nitrogen and oxygen atoms in total. The lowest BCUT2D eigenvalue weighted by Gasteiger charge is -2.03. The minimum atomic E-state index is -0.302. The van der Waals surface area contributed by atoms with Crippen molar-refractivity contribution in [1.82, 2.24) is 15.2 Å². The molecule has 0 bridgehead atoms. The number of hydrogen-bond donors (Lipinski definition) is 1. The SMILES string of the molecule is O=C(OCCSc1ncn[nH]1)c1ccccc1. The second-order valence-electron chi connectivity index (χ2n) is 3.14. The van der Waals surface area contributed by atoms with Crippen molar-refractivity contribution in [3.63, 3.8) is 0 Å². The first-order valence-corrected chi connectivity index (χ1v) is 6.05. The average molecular weight is 249 g/mol. The molecule has 0 fully saturated rings. The Hall–Kier alpha value is -1.82. The second-order valence-corrected chi connectivity index (χ2v) is 4.22. The summed E-state index contributed by atoms with van der Waals surface area (Å²) in [6.45, 7) is 0.346. The van der Waals surface area contributed by atoms with Crippen molar-refractivity contribution < 1.29 is 9.53 Å². The van der Waals surface area contributed by atoms with E-state index >= 15 is 0 Å². The Morgan fingerprint density at radius 1 is 1.35 bits per heavy atom. The zero-order valence-electron chi connectivity index (χ0n) is 9.00. The van der Waals surface area contributed by atoms with Crippen LogP contribution < -0.4 is 0 Å². The van der Waals surface area contributed by atoms with Gasteiger partial charge in [-0.2, -0.15) is 5.10 Å². The molecule has 17 heavy (non-hydrogen) atoms. The van der Waals surface area contributed by atoms with E-state index < -0.39 is 0 Å². The van der Waals surface area contributed by atoms with E-state index in [0.717, 1.165) is 5.16 Å². The van der Waals surface area contributed by atoms with E-state index in [1.54, 1.807) is 24.3 Å². The number of nitrogens with one attached hydrogen (secondary N) is 1. The maximum atomic E-state index is 11.5. The van der Waals surface area contributed by atoms with Gasteiger partial charge in [0.1, 0.15) is 12.9 Å². The molecule has 0 saturated heterocycles. The highest BCUT2D eigenvalue weighted by Crippen LogP contribution is 2.10. The van der Waals surface area contributed by atoms with Gasteiger partial charge in [-0.15, -0.1) is 0 Å². The van der Waals surface area contributed by atoms with Crippen LogP contribution in [0.2, 0.25) is 0 Å². The van der Waals surface area contributed by atoms with E-state index in [-0.39, 0.29) is 5.97 Å². The minimum Gasteiger partial charge on any atom is -0.461 e. The number of thioether (sulfide) groups is 1. The first-order valence-electron chi connectivity index (χ1n) is 5.06. The van der Waals surface area contributed by atoms with Gasteiger partial charge in [0.15, 0.2) is 5.16 Å². The van der Waals surface area contributed by atoms with Gasteiger partial charge in [0.05, 0.1) is 5.56 Å². The van der Waals surface area contributed by atoms with Crippen LogP contribution in [0.4, 0.5) is 0 Å². The number of H-pyrrole nitrogens is 1. The maximum absolute atomic E-state index is 11.5. The summed E-state index contributed by atoms with van der Waals surface area (Å²) in [5.74, 6) is 0.345. The van der Waals surface area contributed by atoms with Crippen LogP contribution >= 0.6 is 11.8 Å². The number of nitrogens with zero attached hydrogens (tertiary/aromatic N) is 2. The van der Waals surface area contributed by atoms with Crippen molar-refractivity contribution in [2.45, 2.75) is 5.16 Å². The number of aromatic nitrogens is 3. The molecule has 0 aliphatic carbocycles. The first kappa shape index (κ1) is 11.7. The molecular weight excluding hydrogens is 238 g/mol. The van der Waals surface area contributed by atoms with Crippen LogP contribution in [0.25, 0.3) is 0 Å². The van der Waals surface area contributed by atoms with E-state index in [2.05, 4.69) is 15.2 Å². The number of esters is 1. The molecule has 0 amide bonds. The molecule has 1 heterocycles. The lowest BCUT2D eigenvalue weighted by atomic mass is 10.2. The standard InChI is InChI=1S/C11H11N3O2S/c15-10(9-4-2-1-3-5-9)16-6-7-17-11-12-8-13-14-11/h1-5,8H,6-7H2,(H,12,13,14). The Kier molecular flexibility index (Phi) is 4.15. The fraction of sp³-hybridized carbons (Fsp3) is 0.182. The van der Waals surface area contributed by atoms with Crippen molar-refractivity contribution in [2.24, 2.45) is 0 Å². The molecule has 0 unspecified atom stereocenters. The predicted molar refractivity (Wildman–Crippen MR) is 63.8 cm³/mol. The van der Waals surface area contributed by atoms with Gasteiger partial charge in [-0.3, -0.25) is 5.10 Å². The number of ether oxygens (including phenoxy) is 1. The third-order valence-corrected chi connectivity index (χ3v) is 2.80. The molecule has 0 radical (unpaired) electrons. The van der Waals surface area contributed by atoms with E-state index in [0.29, 0.717) is 17.9 Å². The minimum absolute atomic E-state index is 0.302. The molecule has 1 aromatic carbocycles. The Morgan fingerprint density at radius 3 is 2.88 bits per heavy atom. The molecule has 0 saturated carbocycles. The molecule has 0 aliphatic rings.